The summed E-state index contributed by atoms with van der Waals surface area (Å²) in [6, 6.07) is 13.9. The van der Waals surface area contributed by atoms with Crippen LogP contribution in [-0.2, 0) is 6.54 Å². The molecule has 2 heteroatoms. The van der Waals surface area contributed by atoms with Crippen molar-refractivity contribution in [1.82, 2.24) is 4.98 Å². The zero-order valence-electron chi connectivity index (χ0n) is 8.85. The molecule has 0 aliphatic heterocycles. The number of para-hydroxylation sites is 1. The minimum absolute atomic E-state index is 0.673. The second kappa shape index (κ2) is 4.99. The van der Waals surface area contributed by atoms with Crippen molar-refractivity contribution >= 4 is 5.69 Å². The van der Waals surface area contributed by atoms with Crippen molar-refractivity contribution in [1.29, 1.82) is 0 Å². The Labute approximate surface area is 95.4 Å². The van der Waals surface area contributed by atoms with Gasteiger partial charge in [0.05, 0.1) is 0 Å². The molecule has 0 fully saturated rings. The van der Waals surface area contributed by atoms with Gasteiger partial charge in [-0.2, -0.15) is 0 Å². The lowest BCUT2D eigenvalue weighted by Gasteiger charge is -2.06. The Morgan fingerprint density at radius 1 is 1.19 bits per heavy atom. The van der Waals surface area contributed by atoms with Crippen molar-refractivity contribution in [2.24, 2.45) is 0 Å². The number of rotatable bonds is 3. The zero-order chi connectivity index (χ0) is 11.2. The summed E-state index contributed by atoms with van der Waals surface area (Å²) in [5.74, 6) is 2.53. The Morgan fingerprint density at radius 2 is 2.00 bits per heavy atom. The Morgan fingerprint density at radius 3 is 2.75 bits per heavy atom. The van der Waals surface area contributed by atoms with Gasteiger partial charge in [0.15, 0.2) is 0 Å². The summed E-state index contributed by atoms with van der Waals surface area (Å²) >= 11 is 0. The molecule has 0 amide bonds. The molecule has 0 aliphatic rings. The molecule has 0 spiro atoms. The number of aromatic nitrogens is 1. The molecule has 0 aliphatic carbocycles. The van der Waals surface area contributed by atoms with E-state index in [0.717, 1.165) is 17.8 Å². The van der Waals surface area contributed by atoms with E-state index in [2.05, 4.69) is 16.2 Å². The van der Waals surface area contributed by atoms with Gasteiger partial charge in [0.1, 0.15) is 5.69 Å². The number of terminal acetylenes is 1. The second-order valence-electron chi connectivity index (χ2n) is 3.41. The van der Waals surface area contributed by atoms with Crippen molar-refractivity contribution in [2.75, 3.05) is 5.32 Å². The molecule has 78 valence electrons. The van der Waals surface area contributed by atoms with Crippen LogP contribution in [0.3, 0.4) is 0 Å². The number of benzene rings is 1. The first-order valence-electron chi connectivity index (χ1n) is 5.09. The normalized spacial score (nSPS) is 9.44. The molecule has 2 nitrogen and oxygen atoms in total. The molecule has 16 heavy (non-hydrogen) atoms. The summed E-state index contributed by atoms with van der Waals surface area (Å²) in [5.41, 5.74) is 2.90. The van der Waals surface area contributed by atoms with Crippen molar-refractivity contribution in [3.8, 4) is 12.3 Å². The highest BCUT2D eigenvalue weighted by molar-refractivity contribution is 5.43. The number of hydrogen-bond acceptors (Lipinski definition) is 2. The van der Waals surface area contributed by atoms with Crippen LogP contribution in [-0.4, -0.2) is 4.98 Å². The van der Waals surface area contributed by atoms with Gasteiger partial charge in [0.2, 0.25) is 0 Å². The van der Waals surface area contributed by atoms with Crippen LogP contribution in [0.5, 0.6) is 0 Å². The molecular weight excluding hydrogens is 196 g/mol. The fourth-order valence-electron chi connectivity index (χ4n) is 1.42. The fourth-order valence-corrected chi connectivity index (χ4v) is 1.42. The molecule has 0 unspecified atom stereocenters. The highest BCUT2D eigenvalue weighted by Gasteiger charge is 1.95. The third-order valence-corrected chi connectivity index (χ3v) is 2.24. The number of pyridine rings is 1. The average Bonchev–Trinajstić information content (AvgIpc) is 2.38. The summed E-state index contributed by atoms with van der Waals surface area (Å²) in [6.45, 7) is 0.751. The van der Waals surface area contributed by atoms with Crippen molar-refractivity contribution in [3.05, 3.63) is 59.9 Å². The van der Waals surface area contributed by atoms with Crippen LogP contribution in [0.4, 0.5) is 5.69 Å². The van der Waals surface area contributed by atoms with E-state index in [9.17, 15) is 0 Å². The summed E-state index contributed by atoms with van der Waals surface area (Å²) < 4.78 is 0. The van der Waals surface area contributed by atoms with Crippen LogP contribution in [0.15, 0.2) is 48.7 Å². The summed E-state index contributed by atoms with van der Waals surface area (Å²) in [5, 5.41) is 3.32. The van der Waals surface area contributed by atoms with Gasteiger partial charge in [-0.05, 0) is 29.8 Å². The highest BCUT2D eigenvalue weighted by atomic mass is 14.9. The third kappa shape index (κ3) is 2.61. The minimum atomic E-state index is 0.673. The van der Waals surface area contributed by atoms with E-state index in [0.29, 0.717) is 5.69 Å². The van der Waals surface area contributed by atoms with Crippen LogP contribution in [0.1, 0.15) is 11.3 Å². The monoisotopic (exact) mass is 208 g/mol. The number of anilines is 1. The lowest BCUT2D eigenvalue weighted by atomic mass is 10.2. The molecule has 2 aromatic rings. The average molecular weight is 208 g/mol. The largest absolute Gasteiger partial charge is 0.381 e. The fraction of sp³-hybridized carbons (Fsp3) is 0.0714. The molecular formula is C14H12N2. The maximum absolute atomic E-state index is 5.29. The Bertz CT molecular complexity index is 498. The van der Waals surface area contributed by atoms with E-state index < -0.39 is 0 Å². The van der Waals surface area contributed by atoms with Gasteiger partial charge < -0.3 is 5.32 Å². The molecule has 0 atom stereocenters. The zero-order valence-corrected chi connectivity index (χ0v) is 8.85. The predicted molar refractivity (Wildman–Crippen MR) is 65.9 cm³/mol. The van der Waals surface area contributed by atoms with E-state index >= 15 is 0 Å². The lowest BCUT2D eigenvalue weighted by molar-refractivity contribution is 1.12. The lowest BCUT2D eigenvalue weighted by Crippen LogP contribution is -1.99. The van der Waals surface area contributed by atoms with E-state index in [-0.39, 0.29) is 0 Å². The minimum Gasteiger partial charge on any atom is -0.381 e. The first kappa shape index (κ1) is 10.3. The molecule has 0 saturated carbocycles. The van der Waals surface area contributed by atoms with Gasteiger partial charge >= 0.3 is 0 Å². The topological polar surface area (TPSA) is 24.9 Å². The first-order valence-corrected chi connectivity index (χ1v) is 5.09. The van der Waals surface area contributed by atoms with Crippen LogP contribution < -0.4 is 5.32 Å². The van der Waals surface area contributed by atoms with Crippen LogP contribution >= 0.6 is 0 Å². The molecule has 2 rings (SSSR count). The van der Waals surface area contributed by atoms with Gasteiger partial charge in [-0.15, -0.1) is 6.42 Å². The highest BCUT2D eigenvalue weighted by Crippen LogP contribution is 2.08. The summed E-state index contributed by atoms with van der Waals surface area (Å²) in [4.78, 5) is 4.05. The van der Waals surface area contributed by atoms with Gasteiger partial charge in [-0.1, -0.05) is 24.1 Å². The molecule has 0 bridgehead atoms. The number of nitrogens with one attached hydrogen (secondary N) is 1. The van der Waals surface area contributed by atoms with Gasteiger partial charge in [0.25, 0.3) is 0 Å². The third-order valence-electron chi connectivity index (χ3n) is 2.24. The number of nitrogens with zero attached hydrogens (tertiary/aromatic N) is 1. The SMILES string of the molecule is C#Cc1cc(CNc2ccccc2)ccn1. The van der Waals surface area contributed by atoms with Gasteiger partial charge in [0, 0.05) is 18.4 Å². The van der Waals surface area contributed by atoms with Crippen molar-refractivity contribution in [3.63, 3.8) is 0 Å². The van der Waals surface area contributed by atoms with Gasteiger partial charge in [-0.3, -0.25) is 0 Å². The first-order chi connectivity index (χ1) is 7.88. The Hall–Kier alpha value is -2.27. The number of hydrogen-bond donors (Lipinski definition) is 1. The van der Waals surface area contributed by atoms with E-state index in [1.807, 2.05) is 42.5 Å². The van der Waals surface area contributed by atoms with Gasteiger partial charge in [-0.25, -0.2) is 4.98 Å². The molecule has 1 aromatic heterocycles. The van der Waals surface area contributed by atoms with Crippen LogP contribution in [0.25, 0.3) is 0 Å². The standard InChI is InChI=1S/C14H12N2/c1-2-13-10-12(8-9-15-13)11-16-14-6-4-3-5-7-14/h1,3-10,16H,11H2. The predicted octanol–water partition coefficient (Wildman–Crippen LogP) is 2.68. The van der Waals surface area contributed by atoms with E-state index in [4.69, 9.17) is 6.42 Å². The maximum Gasteiger partial charge on any atom is 0.113 e. The Kier molecular flexibility index (Phi) is 3.20. The smallest absolute Gasteiger partial charge is 0.113 e. The maximum atomic E-state index is 5.29. The van der Waals surface area contributed by atoms with E-state index in [1.54, 1.807) is 6.20 Å². The van der Waals surface area contributed by atoms with Crippen LogP contribution in [0.2, 0.25) is 0 Å². The molecule has 0 saturated heterocycles. The quantitative estimate of drug-likeness (QED) is 0.784. The van der Waals surface area contributed by atoms with Crippen LogP contribution in [0, 0.1) is 12.3 Å². The van der Waals surface area contributed by atoms with E-state index in [1.165, 1.54) is 0 Å². The second-order valence-corrected chi connectivity index (χ2v) is 3.41. The summed E-state index contributed by atoms with van der Waals surface area (Å²) in [6.07, 6.45) is 7.03. The molecule has 0 radical (unpaired) electrons. The molecule has 1 N–H and O–H groups in total. The molecule has 1 heterocycles. The summed E-state index contributed by atoms with van der Waals surface area (Å²) in [7, 11) is 0. The molecule has 1 aromatic carbocycles. The van der Waals surface area contributed by atoms with Crippen molar-refractivity contribution < 1.29 is 0 Å². The van der Waals surface area contributed by atoms with Crippen molar-refractivity contribution in [2.45, 2.75) is 6.54 Å². The Balaban J connectivity index is 2.03.